The molecule has 13 atom stereocenters. The Balaban J connectivity index is 1.69. The lowest BCUT2D eigenvalue weighted by Crippen LogP contribution is -2.70. The summed E-state index contributed by atoms with van der Waals surface area (Å²) in [5.74, 6) is 3.50. The van der Waals surface area contributed by atoms with Crippen molar-refractivity contribution in [3.05, 3.63) is 0 Å². The Hall–Kier alpha value is -0.410. The fourth-order valence-corrected chi connectivity index (χ4v) is 11.1. The van der Waals surface area contributed by atoms with Gasteiger partial charge in [-0.2, -0.15) is 0 Å². The van der Waals surface area contributed by atoms with Crippen molar-refractivity contribution in [1.82, 2.24) is 0 Å². The molecule has 4 aliphatic rings. The summed E-state index contributed by atoms with van der Waals surface area (Å²) in [5, 5.41) is 24.0. The topological polar surface area (TPSA) is 57.5 Å². The third-order valence-corrected chi connectivity index (χ3v) is 12.8. The Kier molecular flexibility index (Phi) is 7.42. The molecule has 202 valence electrons. The van der Waals surface area contributed by atoms with E-state index in [1.54, 1.807) is 6.92 Å². The summed E-state index contributed by atoms with van der Waals surface area (Å²) in [6.07, 6.45) is 8.86. The fraction of sp³-hybridized carbons (Fsp3) is 0.969. The average Bonchev–Trinajstić information content (AvgIpc) is 2.71. The van der Waals surface area contributed by atoms with Crippen LogP contribution in [0, 0.1) is 69.5 Å². The van der Waals surface area contributed by atoms with Crippen LogP contribution in [-0.2, 0) is 4.79 Å². The van der Waals surface area contributed by atoms with Crippen molar-refractivity contribution in [3.8, 4) is 0 Å². The number of carbonyl (C=O) groups excluding carboxylic acids is 1. The minimum absolute atomic E-state index is 0.0254. The molecule has 0 amide bonds. The normalized spacial score (nSPS) is 54.1. The van der Waals surface area contributed by atoms with Crippen molar-refractivity contribution < 1.29 is 15.0 Å². The molecule has 0 aromatic heterocycles. The highest BCUT2D eigenvalue weighted by Crippen LogP contribution is 2.72. The van der Waals surface area contributed by atoms with Crippen molar-refractivity contribution in [2.24, 2.45) is 69.5 Å². The van der Waals surface area contributed by atoms with Gasteiger partial charge >= 0.3 is 0 Å². The van der Waals surface area contributed by atoms with Gasteiger partial charge in [0.05, 0.1) is 12.2 Å². The van der Waals surface area contributed by atoms with Gasteiger partial charge in [0.15, 0.2) is 0 Å². The molecule has 0 aromatic rings. The fourth-order valence-electron chi connectivity index (χ4n) is 11.1. The zero-order valence-corrected chi connectivity index (χ0v) is 24.3. The van der Waals surface area contributed by atoms with Gasteiger partial charge in [-0.25, -0.2) is 0 Å². The molecule has 4 aliphatic carbocycles. The van der Waals surface area contributed by atoms with Crippen LogP contribution in [0.15, 0.2) is 0 Å². The van der Waals surface area contributed by atoms with Gasteiger partial charge in [-0.15, -0.1) is 0 Å². The predicted octanol–water partition coefficient (Wildman–Crippen LogP) is 7.14. The number of rotatable bonds is 5. The van der Waals surface area contributed by atoms with Crippen molar-refractivity contribution in [1.29, 1.82) is 0 Å². The number of Topliss-reactive ketones (excluding diaryl/α,β-unsaturated/α-hetero) is 1. The number of carbonyl (C=O) groups is 1. The maximum atomic E-state index is 12.6. The third kappa shape index (κ3) is 4.18. The molecule has 0 saturated heterocycles. The molecule has 0 aromatic carbocycles. The standard InChI is InChI=1S/C32H56O3/c1-18(2)11-10-12-23-14-13-19(3)26-24(23)16-30(7)17-31(8)15-20(4)25(22(6)33)29(35)32(31,9)21(5)27(30)28(26)34/h18-21,23-29,34-35H,10-17H2,1-9H3. The number of hydrogen-bond donors (Lipinski definition) is 2. The second-order valence-electron chi connectivity index (χ2n) is 15.3. The van der Waals surface area contributed by atoms with Crippen molar-refractivity contribution in [3.63, 3.8) is 0 Å². The second-order valence-corrected chi connectivity index (χ2v) is 15.3. The average molecular weight is 489 g/mol. The molecule has 4 rings (SSSR count). The number of ketones is 1. The molecule has 0 bridgehead atoms. The first-order chi connectivity index (χ1) is 16.2. The molecular weight excluding hydrogens is 432 g/mol. The van der Waals surface area contributed by atoms with Crippen LogP contribution in [-0.4, -0.2) is 28.2 Å². The van der Waals surface area contributed by atoms with E-state index in [4.69, 9.17) is 0 Å². The molecule has 3 heteroatoms. The summed E-state index contributed by atoms with van der Waals surface area (Å²) < 4.78 is 0. The van der Waals surface area contributed by atoms with E-state index in [1.807, 2.05) is 0 Å². The van der Waals surface area contributed by atoms with E-state index >= 15 is 0 Å². The van der Waals surface area contributed by atoms with E-state index < -0.39 is 6.10 Å². The Bertz CT molecular complexity index is 792. The van der Waals surface area contributed by atoms with Crippen molar-refractivity contribution in [2.75, 3.05) is 0 Å². The van der Waals surface area contributed by atoms with Crippen LogP contribution in [0.5, 0.6) is 0 Å². The number of fused-ring (bicyclic) bond motifs is 3. The molecule has 2 N–H and O–H groups in total. The molecule has 0 heterocycles. The van der Waals surface area contributed by atoms with E-state index in [0.29, 0.717) is 17.8 Å². The van der Waals surface area contributed by atoms with Crippen LogP contribution >= 0.6 is 0 Å². The Morgan fingerprint density at radius 3 is 2.26 bits per heavy atom. The first kappa shape index (κ1) is 27.6. The number of aliphatic hydroxyl groups is 2. The summed E-state index contributed by atoms with van der Waals surface area (Å²) in [5.41, 5.74) is -0.297. The van der Waals surface area contributed by atoms with Crippen LogP contribution in [0.4, 0.5) is 0 Å². The number of hydrogen-bond acceptors (Lipinski definition) is 3. The maximum absolute atomic E-state index is 12.6. The maximum Gasteiger partial charge on any atom is 0.135 e. The lowest BCUT2D eigenvalue weighted by Gasteiger charge is -2.71. The monoisotopic (exact) mass is 488 g/mol. The quantitative estimate of drug-likeness (QED) is 0.432. The molecule has 4 saturated carbocycles. The largest absolute Gasteiger partial charge is 0.392 e. The van der Waals surface area contributed by atoms with Gasteiger partial charge in [-0.05, 0) is 90.8 Å². The van der Waals surface area contributed by atoms with Gasteiger partial charge in [0.1, 0.15) is 5.78 Å². The number of aliphatic hydroxyl groups excluding tert-OH is 2. The molecular formula is C32H56O3. The second kappa shape index (κ2) is 9.40. The summed E-state index contributed by atoms with van der Waals surface area (Å²) in [4.78, 5) is 12.6. The molecule has 4 fully saturated rings. The van der Waals surface area contributed by atoms with Gasteiger partial charge in [0, 0.05) is 11.3 Å². The lowest BCUT2D eigenvalue weighted by atomic mass is 9.34. The molecule has 0 radical (unpaired) electrons. The van der Waals surface area contributed by atoms with Crippen LogP contribution < -0.4 is 0 Å². The van der Waals surface area contributed by atoms with Crippen LogP contribution in [0.2, 0.25) is 0 Å². The van der Waals surface area contributed by atoms with E-state index in [0.717, 1.165) is 24.7 Å². The van der Waals surface area contributed by atoms with E-state index in [9.17, 15) is 15.0 Å². The summed E-state index contributed by atoms with van der Waals surface area (Å²) in [6, 6.07) is 0. The van der Waals surface area contributed by atoms with Gasteiger partial charge in [-0.3, -0.25) is 4.79 Å². The van der Waals surface area contributed by atoms with Gasteiger partial charge < -0.3 is 10.2 Å². The molecule has 0 aliphatic heterocycles. The SMILES string of the molecule is CC(=O)C1C(C)CC2(C)CC3(C)CC4C(CCCC(C)C)CCC(C)C4C(O)C3C(C)C2(C)C1O. The molecule has 35 heavy (non-hydrogen) atoms. The van der Waals surface area contributed by atoms with Crippen LogP contribution in [0.3, 0.4) is 0 Å². The minimum atomic E-state index is -0.634. The minimum Gasteiger partial charge on any atom is -0.392 e. The zero-order chi connectivity index (χ0) is 26.1. The van der Waals surface area contributed by atoms with Gasteiger partial charge in [-0.1, -0.05) is 81.1 Å². The first-order valence-corrected chi connectivity index (χ1v) is 15.0. The Labute approximate surface area is 216 Å². The third-order valence-electron chi connectivity index (χ3n) is 12.8. The van der Waals surface area contributed by atoms with Gasteiger partial charge in [0.25, 0.3) is 0 Å². The first-order valence-electron chi connectivity index (χ1n) is 15.0. The Morgan fingerprint density at radius 1 is 1.00 bits per heavy atom. The molecule has 0 spiro atoms. The van der Waals surface area contributed by atoms with Crippen LogP contribution in [0.25, 0.3) is 0 Å². The highest BCUT2D eigenvalue weighted by atomic mass is 16.3. The lowest BCUT2D eigenvalue weighted by molar-refractivity contribution is -0.270. The zero-order valence-electron chi connectivity index (χ0n) is 24.3. The molecule has 3 nitrogen and oxygen atoms in total. The van der Waals surface area contributed by atoms with Crippen molar-refractivity contribution in [2.45, 2.75) is 126 Å². The van der Waals surface area contributed by atoms with Crippen molar-refractivity contribution >= 4 is 5.78 Å². The smallest absolute Gasteiger partial charge is 0.135 e. The van der Waals surface area contributed by atoms with Crippen LogP contribution in [0.1, 0.15) is 114 Å². The highest BCUT2D eigenvalue weighted by Gasteiger charge is 2.70. The van der Waals surface area contributed by atoms with E-state index in [2.05, 4.69) is 55.4 Å². The summed E-state index contributed by atoms with van der Waals surface area (Å²) >= 11 is 0. The predicted molar refractivity (Wildman–Crippen MR) is 144 cm³/mol. The Morgan fingerprint density at radius 2 is 1.66 bits per heavy atom. The highest BCUT2D eigenvalue weighted by molar-refractivity contribution is 5.79. The van der Waals surface area contributed by atoms with E-state index in [-0.39, 0.29) is 51.8 Å². The summed E-state index contributed by atoms with van der Waals surface area (Å²) in [7, 11) is 0. The molecule has 13 unspecified atom stereocenters. The van der Waals surface area contributed by atoms with Gasteiger partial charge in [0.2, 0.25) is 0 Å². The summed E-state index contributed by atoms with van der Waals surface area (Å²) in [6.45, 7) is 20.4. The van der Waals surface area contributed by atoms with E-state index in [1.165, 1.54) is 38.5 Å².